The monoisotopic (exact) mass is 449 g/mol. The van der Waals surface area contributed by atoms with Crippen molar-refractivity contribution in [2.45, 2.75) is 13.0 Å². The minimum atomic E-state index is -0.869. The maximum atomic E-state index is 12.9. The molecule has 1 aliphatic heterocycles. The summed E-state index contributed by atoms with van der Waals surface area (Å²) in [5.41, 5.74) is 1.57. The van der Waals surface area contributed by atoms with E-state index in [4.69, 9.17) is 32.7 Å². The Hall–Kier alpha value is -2.54. The SMILES string of the molecule is COCCN1C(=O)C(=O)C(=C(O)c2ccc(OC)cc2C)[C@@H]1c1ccc(Cl)cc1Cl. The maximum absolute atomic E-state index is 12.9. The van der Waals surface area contributed by atoms with Crippen LogP contribution >= 0.6 is 23.2 Å². The molecule has 1 fully saturated rings. The molecule has 0 unspecified atom stereocenters. The molecule has 1 heterocycles. The molecule has 0 saturated carbocycles. The van der Waals surface area contributed by atoms with Gasteiger partial charge in [0.15, 0.2) is 0 Å². The van der Waals surface area contributed by atoms with Crippen molar-refractivity contribution in [3.05, 3.63) is 68.7 Å². The first-order chi connectivity index (χ1) is 14.3. The topological polar surface area (TPSA) is 76.1 Å². The molecule has 2 aromatic carbocycles. The van der Waals surface area contributed by atoms with Gasteiger partial charge in [0, 0.05) is 29.3 Å². The molecular formula is C22H21Cl2NO5. The van der Waals surface area contributed by atoms with Crippen LogP contribution in [0.4, 0.5) is 0 Å². The first-order valence-electron chi connectivity index (χ1n) is 9.17. The van der Waals surface area contributed by atoms with Crippen molar-refractivity contribution in [1.29, 1.82) is 0 Å². The molecule has 30 heavy (non-hydrogen) atoms. The lowest BCUT2D eigenvalue weighted by atomic mass is 9.94. The summed E-state index contributed by atoms with van der Waals surface area (Å²) in [5.74, 6) is -1.17. The van der Waals surface area contributed by atoms with Crippen LogP contribution in [0.1, 0.15) is 22.7 Å². The number of methoxy groups -OCH3 is 2. The Kier molecular flexibility index (Phi) is 6.71. The van der Waals surface area contributed by atoms with Gasteiger partial charge in [-0.2, -0.15) is 0 Å². The number of amides is 1. The molecule has 0 aliphatic carbocycles. The van der Waals surface area contributed by atoms with Gasteiger partial charge >= 0.3 is 0 Å². The molecule has 1 N–H and O–H groups in total. The molecule has 0 radical (unpaired) electrons. The van der Waals surface area contributed by atoms with Crippen molar-refractivity contribution in [3.8, 4) is 5.75 Å². The minimum Gasteiger partial charge on any atom is -0.507 e. The Morgan fingerprint density at radius 1 is 1.13 bits per heavy atom. The molecule has 8 heteroatoms. The van der Waals surface area contributed by atoms with E-state index in [9.17, 15) is 14.7 Å². The first-order valence-corrected chi connectivity index (χ1v) is 9.93. The van der Waals surface area contributed by atoms with Gasteiger partial charge in [-0.1, -0.05) is 29.3 Å². The number of halogens is 2. The predicted molar refractivity (Wildman–Crippen MR) is 115 cm³/mol. The molecule has 0 bridgehead atoms. The molecule has 1 saturated heterocycles. The fourth-order valence-corrected chi connectivity index (χ4v) is 4.03. The summed E-state index contributed by atoms with van der Waals surface area (Å²) in [6, 6.07) is 8.99. The minimum absolute atomic E-state index is 0.0337. The quantitative estimate of drug-likeness (QED) is 0.402. The number of nitrogens with zero attached hydrogens (tertiary/aromatic N) is 1. The van der Waals surface area contributed by atoms with Crippen LogP contribution in [-0.4, -0.2) is 49.1 Å². The molecule has 2 aromatic rings. The highest BCUT2D eigenvalue weighted by Gasteiger charge is 2.46. The zero-order valence-electron chi connectivity index (χ0n) is 16.7. The summed E-state index contributed by atoms with van der Waals surface area (Å²) >= 11 is 12.4. The number of ketones is 1. The fraction of sp³-hybridized carbons (Fsp3) is 0.273. The van der Waals surface area contributed by atoms with Gasteiger partial charge in [0.1, 0.15) is 11.5 Å². The van der Waals surface area contributed by atoms with Crippen molar-refractivity contribution in [2.24, 2.45) is 0 Å². The van der Waals surface area contributed by atoms with E-state index in [-0.39, 0.29) is 29.5 Å². The standard InChI is InChI=1S/C22H21Cl2NO5/c1-12-10-14(30-3)5-7-15(12)20(26)18-19(16-6-4-13(23)11-17(16)24)25(8-9-29-2)22(28)21(18)27/h4-7,10-11,19,26H,8-9H2,1-3H3/t19-/m0/s1. The van der Waals surface area contributed by atoms with Gasteiger partial charge in [-0.05, 0) is 48.4 Å². The van der Waals surface area contributed by atoms with Gasteiger partial charge in [0.05, 0.1) is 25.3 Å². The smallest absolute Gasteiger partial charge is 0.295 e. The number of rotatable bonds is 6. The number of Topliss-reactive ketones (excluding diaryl/α,β-unsaturated/α-hetero) is 1. The van der Waals surface area contributed by atoms with E-state index in [0.717, 1.165) is 0 Å². The van der Waals surface area contributed by atoms with Crippen molar-refractivity contribution >= 4 is 40.7 Å². The van der Waals surface area contributed by atoms with E-state index in [0.29, 0.717) is 27.5 Å². The highest BCUT2D eigenvalue weighted by molar-refractivity contribution is 6.47. The molecular weight excluding hydrogens is 429 g/mol. The molecule has 0 aromatic heterocycles. The van der Waals surface area contributed by atoms with E-state index in [1.807, 2.05) is 0 Å². The van der Waals surface area contributed by atoms with Crippen molar-refractivity contribution in [3.63, 3.8) is 0 Å². The summed E-state index contributed by atoms with van der Waals surface area (Å²) in [6.45, 7) is 2.16. The Balaban J connectivity index is 2.22. The number of carbonyl (C=O) groups excluding carboxylic acids is 2. The number of carbonyl (C=O) groups is 2. The van der Waals surface area contributed by atoms with Crippen LogP contribution in [-0.2, 0) is 14.3 Å². The third-order valence-corrected chi connectivity index (χ3v) is 5.58. The fourth-order valence-electron chi connectivity index (χ4n) is 3.52. The Morgan fingerprint density at radius 2 is 1.87 bits per heavy atom. The number of benzene rings is 2. The van der Waals surface area contributed by atoms with E-state index in [1.54, 1.807) is 37.3 Å². The zero-order valence-corrected chi connectivity index (χ0v) is 18.3. The van der Waals surface area contributed by atoms with Gasteiger partial charge in [-0.15, -0.1) is 0 Å². The van der Waals surface area contributed by atoms with Gasteiger partial charge in [-0.3, -0.25) is 9.59 Å². The molecule has 3 rings (SSSR count). The highest BCUT2D eigenvalue weighted by atomic mass is 35.5. The van der Waals surface area contributed by atoms with Crippen LogP contribution in [0.25, 0.3) is 5.76 Å². The third-order valence-electron chi connectivity index (χ3n) is 5.02. The molecule has 6 nitrogen and oxygen atoms in total. The largest absolute Gasteiger partial charge is 0.507 e. The Morgan fingerprint density at radius 3 is 2.47 bits per heavy atom. The van der Waals surface area contributed by atoms with Crippen LogP contribution in [0, 0.1) is 6.92 Å². The summed E-state index contributed by atoms with van der Waals surface area (Å²) < 4.78 is 10.3. The number of aliphatic hydroxyl groups is 1. The first kappa shape index (κ1) is 22.2. The number of hydrogen-bond donors (Lipinski definition) is 1. The Labute approximate surface area is 184 Å². The van der Waals surface area contributed by atoms with Crippen LogP contribution < -0.4 is 4.74 Å². The molecule has 158 valence electrons. The molecule has 1 aliphatic rings. The second-order valence-corrected chi connectivity index (χ2v) is 7.68. The normalized spacial score (nSPS) is 18.2. The molecule has 1 amide bonds. The summed E-state index contributed by atoms with van der Waals surface area (Å²) in [7, 11) is 3.04. The van der Waals surface area contributed by atoms with Gasteiger partial charge in [-0.25, -0.2) is 0 Å². The van der Waals surface area contributed by atoms with Crippen molar-refractivity contribution in [1.82, 2.24) is 4.90 Å². The zero-order chi connectivity index (χ0) is 22.0. The molecule has 1 atom stereocenters. The van der Waals surface area contributed by atoms with Crippen molar-refractivity contribution in [2.75, 3.05) is 27.4 Å². The van der Waals surface area contributed by atoms with Gasteiger partial charge < -0.3 is 19.5 Å². The third kappa shape index (κ3) is 4.03. The number of hydrogen-bond acceptors (Lipinski definition) is 5. The van der Waals surface area contributed by atoms with Crippen LogP contribution in [0.3, 0.4) is 0 Å². The second-order valence-electron chi connectivity index (χ2n) is 6.83. The number of likely N-dealkylation sites (tertiary alicyclic amines) is 1. The lowest BCUT2D eigenvalue weighted by Crippen LogP contribution is -2.32. The van der Waals surface area contributed by atoms with Gasteiger partial charge in [0.25, 0.3) is 11.7 Å². The van der Waals surface area contributed by atoms with E-state index < -0.39 is 17.7 Å². The lowest BCUT2D eigenvalue weighted by molar-refractivity contribution is -0.140. The van der Waals surface area contributed by atoms with Crippen molar-refractivity contribution < 1.29 is 24.2 Å². The van der Waals surface area contributed by atoms with E-state index >= 15 is 0 Å². The van der Waals surface area contributed by atoms with Crippen LogP contribution in [0.2, 0.25) is 10.0 Å². The maximum Gasteiger partial charge on any atom is 0.295 e. The van der Waals surface area contributed by atoms with Crippen LogP contribution in [0.15, 0.2) is 42.0 Å². The Bertz CT molecular complexity index is 1030. The summed E-state index contributed by atoms with van der Waals surface area (Å²) in [4.78, 5) is 27.1. The molecule has 0 spiro atoms. The lowest BCUT2D eigenvalue weighted by Gasteiger charge is -2.26. The van der Waals surface area contributed by atoms with E-state index in [1.165, 1.54) is 25.2 Å². The second kappa shape index (κ2) is 9.08. The van der Waals surface area contributed by atoms with Gasteiger partial charge in [0.2, 0.25) is 0 Å². The number of ether oxygens (including phenoxy) is 2. The average molecular weight is 450 g/mol. The highest BCUT2D eigenvalue weighted by Crippen LogP contribution is 2.42. The predicted octanol–water partition coefficient (Wildman–Crippen LogP) is 4.38. The number of aryl methyl sites for hydroxylation is 1. The van der Waals surface area contributed by atoms with E-state index in [2.05, 4.69) is 0 Å². The summed E-state index contributed by atoms with van der Waals surface area (Å²) in [5, 5.41) is 11.8. The average Bonchev–Trinajstić information content (AvgIpc) is 2.96. The van der Waals surface area contributed by atoms with Crippen LogP contribution in [0.5, 0.6) is 5.75 Å². The number of aliphatic hydroxyl groups excluding tert-OH is 1. The summed E-state index contributed by atoms with van der Waals surface area (Å²) in [6.07, 6.45) is 0.